The van der Waals surface area contributed by atoms with E-state index in [1.165, 1.54) is 45.8 Å². The summed E-state index contributed by atoms with van der Waals surface area (Å²) in [6.07, 6.45) is 5.27. The molecule has 0 aliphatic heterocycles. The number of rotatable bonds is 2. The average molecular weight is 394 g/mol. The van der Waals surface area contributed by atoms with E-state index in [0.29, 0.717) is 11.8 Å². The van der Waals surface area contributed by atoms with Gasteiger partial charge < -0.3 is 0 Å². The third-order valence-electron chi connectivity index (χ3n) is 4.36. The van der Waals surface area contributed by atoms with E-state index in [1.807, 2.05) is 0 Å². The highest BCUT2D eigenvalue weighted by atomic mass is 79.9. The lowest BCUT2D eigenvalue weighted by Crippen LogP contribution is -2.13. The van der Waals surface area contributed by atoms with Crippen LogP contribution >= 0.6 is 31.9 Å². The van der Waals surface area contributed by atoms with E-state index in [0.717, 1.165) is 0 Å². The van der Waals surface area contributed by atoms with E-state index in [9.17, 15) is 0 Å². The van der Waals surface area contributed by atoms with Crippen molar-refractivity contribution in [2.75, 3.05) is 0 Å². The Morgan fingerprint density at radius 3 is 1.45 bits per heavy atom. The molecule has 2 unspecified atom stereocenters. The Morgan fingerprint density at radius 2 is 1.05 bits per heavy atom. The molecule has 0 bridgehead atoms. The number of hydrogen-bond acceptors (Lipinski definition) is 0. The molecule has 20 heavy (non-hydrogen) atoms. The van der Waals surface area contributed by atoms with Crippen LogP contribution in [0.25, 0.3) is 0 Å². The van der Waals surface area contributed by atoms with Crippen LogP contribution in [0.4, 0.5) is 0 Å². The lowest BCUT2D eigenvalue weighted by Gasteiger charge is -2.30. The maximum Gasteiger partial charge on any atom is 0.0175 e. The number of benzene rings is 2. The van der Waals surface area contributed by atoms with Crippen LogP contribution < -0.4 is 0 Å². The molecule has 1 fully saturated rings. The van der Waals surface area contributed by atoms with Crippen LogP contribution in [-0.4, -0.2) is 0 Å². The molecule has 2 aromatic rings. The normalized spacial score (nSPS) is 22.7. The molecular formula is C18H18Br2. The summed E-state index contributed by atoms with van der Waals surface area (Å²) in [6.45, 7) is 0. The summed E-state index contributed by atoms with van der Waals surface area (Å²) in [6, 6.07) is 17.8. The third-order valence-corrected chi connectivity index (χ3v) is 5.41. The van der Waals surface area contributed by atoms with Gasteiger partial charge in [0.25, 0.3) is 0 Å². The Kier molecular flexibility index (Phi) is 4.62. The van der Waals surface area contributed by atoms with Gasteiger partial charge in [-0.15, -0.1) is 0 Å². The topological polar surface area (TPSA) is 0 Å². The van der Waals surface area contributed by atoms with Gasteiger partial charge in [-0.1, -0.05) is 62.5 Å². The highest BCUT2D eigenvalue weighted by Gasteiger charge is 2.24. The summed E-state index contributed by atoms with van der Waals surface area (Å²) in [5.74, 6) is 1.43. The number of hydrogen-bond donors (Lipinski definition) is 0. The predicted molar refractivity (Wildman–Crippen MR) is 92.2 cm³/mol. The van der Waals surface area contributed by atoms with Crippen molar-refractivity contribution in [3.8, 4) is 0 Å². The molecule has 1 saturated carbocycles. The minimum absolute atomic E-state index is 0.713. The van der Waals surface area contributed by atoms with Gasteiger partial charge in [-0.3, -0.25) is 0 Å². The van der Waals surface area contributed by atoms with Crippen LogP contribution in [-0.2, 0) is 0 Å². The Bertz CT molecular complexity index is 505. The second kappa shape index (κ2) is 6.44. The van der Waals surface area contributed by atoms with E-state index in [-0.39, 0.29) is 0 Å². The first-order valence-electron chi connectivity index (χ1n) is 7.23. The minimum Gasteiger partial charge on any atom is -0.0576 e. The van der Waals surface area contributed by atoms with Gasteiger partial charge in [-0.25, -0.2) is 0 Å². The van der Waals surface area contributed by atoms with E-state index in [2.05, 4.69) is 80.4 Å². The van der Waals surface area contributed by atoms with Crippen molar-refractivity contribution >= 4 is 31.9 Å². The molecule has 2 heteroatoms. The fraction of sp³-hybridized carbons (Fsp3) is 0.333. The Labute approximate surface area is 137 Å². The molecule has 1 aliphatic carbocycles. The van der Waals surface area contributed by atoms with Gasteiger partial charge in [0.2, 0.25) is 0 Å². The average Bonchev–Trinajstić information content (AvgIpc) is 2.49. The van der Waals surface area contributed by atoms with Crippen LogP contribution in [0.5, 0.6) is 0 Å². The SMILES string of the molecule is Brc1ccc(C2CCCC(c3ccc(Br)cc3)C2)cc1. The van der Waals surface area contributed by atoms with Crippen molar-refractivity contribution in [2.24, 2.45) is 0 Å². The highest BCUT2D eigenvalue weighted by molar-refractivity contribution is 9.10. The predicted octanol–water partition coefficient (Wildman–Crippen LogP) is 6.65. The zero-order chi connectivity index (χ0) is 13.9. The first kappa shape index (κ1) is 14.3. The van der Waals surface area contributed by atoms with Crippen LogP contribution in [0.1, 0.15) is 48.6 Å². The van der Waals surface area contributed by atoms with E-state index in [4.69, 9.17) is 0 Å². The van der Waals surface area contributed by atoms with Crippen LogP contribution in [0.3, 0.4) is 0 Å². The first-order chi connectivity index (χ1) is 9.72. The summed E-state index contributed by atoms with van der Waals surface area (Å²) in [7, 11) is 0. The van der Waals surface area contributed by atoms with Crippen molar-refractivity contribution in [1.82, 2.24) is 0 Å². The molecule has 3 rings (SSSR count). The fourth-order valence-corrected chi connectivity index (χ4v) is 3.79. The Hall–Kier alpha value is -0.600. The molecule has 2 aromatic carbocycles. The lowest BCUT2D eigenvalue weighted by atomic mass is 9.75. The van der Waals surface area contributed by atoms with Crippen LogP contribution in [0.2, 0.25) is 0 Å². The van der Waals surface area contributed by atoms with Gasteiger partial charge in [0.15, 0.2) is 0 Å². The summed E-state index contributed by atoms with van der Waals surface area (Å²) in [4.78, 5) is 0. The molecule has 0 aromatic heterocycles. The zero-order valence-corrected chi connectivity index (χ0v) is 14.5. The van der Waals surface area contributed by atoms with Gasteiger partial charge >= 0.3 is 0 Å². The molecule has 0 spiro atoms. The Balaban J connectivity index is 1.76. The van der Waals surface area contributed by atoms with Gasteiger partial charge in [-0.2, -0.15) is 0 Å². The molecular weight excluding hydrogens is 376 g/mol. The lowest BCUT2D eigenvalue weighted by molar-refractivity contribution is 0.394. The van der Waals surface area contributed by atoms with Crippen molar-refractivity contribution in [1.29, 1.82) is 0 Å². The van der Waals surface area contributed by atoms with Gasteiger partial charge in [0.1, 0.15) is 0 Å². The van der Waals surface area contributed by atoms with Crippen LogP contribution in [0.15, 0.2) is 57.5 Å². The monoisotopic (exact) mass is 392 g/mol. The summed E-state index contributed by atoms with van der Waals surface area (Å²) < 4.78 is 2.34. The fourth-order valence-electron chi connectivity index (χ4n) is 3.27. The second-order valence-electron chi connectivity index (χ2n) is 5.66. The smallest absolute Gasteiger partial charge is 0.0175 e. The van der Waals surface area contributed by atoms with Gasteiger partial charge in [0, 0.05) is 8.95 Å². The van der Waals surface area contributed by atoms with E-state index >= 15 is 0 Å². The Morgan fingerprint density at radius 1 is 0.650 bits per heavy atom. The molecule has 0 heterocycles. The first-order valence-corrected chi connectivity index (χ1v) is 8.82. The summed E-state index contributed by atoms with van der Waals surface area (Å²) in [5, 5.41) is 0. The third kappa shape index (κ3) is 3.35. The van der Waals surface area contributed by atoms with E-state index in [1.54, 1.807) is 0 Å². The minimum atomic E-state index is 0.713. The highest BCUT2D eigenvalue weighted by Crippen LogP contribution is 2.41. The van der Waals surface area contributed by atoms with Gasteiger partial charge in [0.05, 0.1) is 0 Å². The molecule has 104 valence electrons. The number of halogens is 2. The summed E-state index contributed by atoms with van der Waals surface area (Å²) in [5.41, 5.74) is 2.99. The molecule has 0 saturated heterocycles. The largest absolute Gasteiger partial charge is 0.0576 e. The molecule has 0 amide bonds. The van der Waals surface area contributed by atoms with E-state index < -0.39 is 0 Å². The quantitative estimate of drug-likeness (QED) is 0.535. The maximum absolute atomic E-state index is 3.52. The molecule has 2 atom stereocenters. The molecule has 0 radical (unpaired) electrons. The molecule has 0 nitrogen and oxygen atoms in total. The zero-order valence-electron chi connectivity index (χ0n) is 11.4. The van der Waals surface area contributed by atoms with Crippen molar-refractivity contribution in [2.45, 2.75) is 37.5 Å². The summed E-state index contributed by atoms with van der Waals surface area (Å²) >= 11 is 7.04. The maximum atomic E-state index is 3.52. The van der Waals surface area contributed by atoms with Crippen molar-refractivity contribution < 1.29 is 0 Å². The van der Waals surface area contributed by atoms with Crippen molar-refractivity contribution in [3.63, 3.8) is 0 Å². The molecule has 0 N–H and O–H groups in total. The molecule has 1 aliphatic rings. The van der Waals surface area contributed by atoms with Crippen molar-refractivity contribution in [3.05, 3.63) is 68.6 Å². The van der Waals surface area contributed by atoms with Gasteiger partial charge in [-0.05, 0) is 66.5 Å². The second-order valence-corrected chi connectivity index (χ2v) is 7.49. The standard InChI is InChI=1S/C18H18Br2/c19-17-8-4-13(5-9-17)15-2-1-3-16(12-15)14-6-10-18(20)11-7-14/h4-11,15-16H,1-3,12H2. The van der Waals surface area contributed by atoms with Crippen LogP contribution in [0, 0.1) is 0 Å².